The SMILES string of the molecule is CC(C(=O)N1CCCC(CO)C1)N1CCN(c2ccc(F)cc2)CC1. The first-order chi connectivity index (χ1) is 12.1. The fraction of sp³-hybridized carbons (Fsp3) is 0.632. The van der Waals surface area contributed by atoms with Gasteiger partial charge in [0.1, 0.15) is 5.82 Å². The molecule has 2 fully saturated rings. The number of aliphatic hydroxyl groups excluding tert-OH is 1. The maximum absolute atomic E-state index is 13.1. The fourth-order valence-corrected chi connectivity index (χ4v) is 3.85. The third-order valence-corrected chi connectivity index (χ3v) is 5.50. The third kappa shape index (κ3) is 4.30. The number of carbonyl (C=O) groups excluding carboxylic acids is 1. The van der Waals surface area contributed by atoms with E-state index in [4.69, 9.17) is 0 Å². The Hall–Kier alpha value is -1.66. The highest BCUT2D eigenvalue weighted by atomic mass is 19.1. The number of piperazine rings is 1. The lowest BCUT2D eigenvalue weighted by atomic mass is 9.98. The second kappa shape index (κ2) is 8.15. The Balaban J connectivity index is 1.53. The molecule has 2 atom stereocenters. The normalized spacial score (nSPS) is 23.6. The minimum Gasteiger partial charge on any atom is -0.396 e. The van der Waals surface area contributed by atoms with E-state index in [9.17, 15) is 14.3 Å². The molecule has 1 aromatic carbocycles. The van der Waals surface area contributed by atoms with Crippen LogP contribution in [0.15, 0.2) is 24.3 Å². The quantitative estimate of drug-likeness (QED) is 0.896. The van der Waals surface area contributed by atoms with Crippen LogP contribution in [0.5, 0.6) is 0 Å². The van der Waals surface area contributed by atoms with Gasteiger partial charge >= 0.3 is 0 Å². The number of nitrogens with zero attached hydrogens (tertiary/aromatic N) is 3. The summed E-state index contributed by atoms with van der Waals surface area (Å²) in [5.74, 6) is 0.179. The van der Waals surface area contributed by atoms with Gasteiger partial charge in [-0.2, -0.15) is 0 Å². The van der Waals surface area contributed by atoms with Gasteiger partial charge in [-0.05, 0) is 49.9 Å². The molecule has 2 unspecified atom stereocenters. The second-order valence-corrected chi connectivity index (χ2v) is 7.15. The van der Waals surface area contributed by atoms with Gasteiger partial charge < -0.3 is 14.9 Å². The van der Waals surface area contributed by atoms with E-state index in [0.29, 0.717) is 6.54 Å². The van der Waals surface area contributed by atoms with Crippen molar-refractivity contribution in [2.45, 2.75) is 25.8 Å². The number of benzene rings is 1. The van der Waals surface area contributed by atoms with Crippen molar-refractivity contribution in [3.63, 3.8) is 0 Å². The van der Waals surface area contributed by atoms with E-state index in [0.717, 1.165) is 51.3 Å². The Morgan fingerprint density at radius 2 is 1.88 bits per heavy atom. The average molecular weight is 349 g/mol. The summed E-state index contributed by atoms with van der Waals surface area (Å²) in [4.78, 5) is 19.2. The first kappa shape index (κ1) is 18.1. The Labute approximate surface area is 149 Å². The van der Waals surface area contributed by atoms with E-state index in [1.165, 1.54) is 12.1 Å². The zero-order chi connectivity index (χ0) is 17.8. The minimum atomic E-state index is -0.218. The Morgan fingerprint density at radius 3 is 2.52 bits per heavy atom. The summed E-state index contributed by atoms with van der Waals surface area (Å²) in [5, 5.41) is 9.36. The summed E-state index contributed by atoms with van der Waals surface area (Å²) in [6.07, 6.45) is 1.98. The molecule has 1 aromatic rings. The molecule has 2 saturated heterocycles. The second-order valence-electron chi connectivity index (χ2n) is 7.15. The van der Waals surface area contributed by atoms with E-state index in [1.807, 2.05) is 24.0 Å². The van der Waals surface area contributed by atoms with Crippen LogP contribution in [0, 0.1) is 11.7 Å². The first-order valence-electron chi connectivity index (χ1n) is 9.22. The van der Waals surface area contributed by atoms with Crippen molar-refractivity contribution in [3.8, 4) is 0 Å². The Bertz CT molecular complexity index is 573. The number of hydrogen-bond donors (Lipinski definition) is 1. The van der Waals surface area contributed by atoms with Gasteiger partial charge in [0.05, 0.1) is 6.04 Å². The number of anilines is 1. The lowest BCUT2D eigenvalue weighted by Gasteiger charge is -2.41. The van der Waals surface area contributed by atoms with Crippen LogP contribution < -0.4 is 4.90 Å². The van der Waals surface area contributed by atoms with E-state index in [1.54, 1.807) is 0 Å². The highest BCUT2D eigenvalue weighted by molar-refractivity contribution is 5.81. The highest BCUT2D eigenvalue weighted by Gasteiger charge is 2.31. The number of hydrogen-bond acceptors (Lipinski definition) is 4. The van der Waals surface area contributed by atoms with Crippen molar-refractivity contribution in [2.75, 3.05) is 50.8 Å². The van der Waals surface area contributed by atoms with Crippen LogP contribution in [0.2, 0.25) is 0 Å². The zero-order valence-corrected chi connectivity index (χ0v) is 14.9. The predicted molar refractivity (Wildman–Crippen MR) is 96.0 cm³/mol. The van der Waals surface area contributed by atoms with Gasteiger partial charge in [-0.15, -0.1) is 0 Å². The largest absolute Gasteiger partial charge is 0.396 e. The third-order valence-electron chi connectivity index (χ3n) is 5.50. The van der Waals surface area contributed by atoms with Crippen LogP contribution in [-0.4, -0.2) is 72.7 Å². The molecule has 1 N–H and O–H groups in total. The molecule has 2 heterocycles. The summed E-state index contributed by atoms with van der Waals surface area (Å²) in [6, 6.07) is 6.46. The van der Waals surface area contributed by atoms with Crippen LogP contribution >= 0.6 is 0 Å². The maximum atomic E-state index is 13.1. The van der Waals surface area contributed by atoms with Crippen molar-refractivity contribution < 1.29 is 14.3 Å². The summed E-state index contributed by atoms with van der Waals surface area (Å²) in [7, 11) is 0. The van der Waals surface area contributed by atoms with E-state index < -0.39 is 0 Å². The molecule has 0 spiro atoms. The number of amides is 1. The molecule has 25 heavy (non-hydrogen) atoms. The van der Waals surface area contributed by atoms with Crippen molar-refractivity contribution in [2.24, 2.45) is 5.92 Å². The van der Waals surface area contributed by atoms with Crippen molar-refractivity contribution in [3.05, 3.63) is 30.1 Å². The zero-order valence-electron chi connectivity index (χ0n) is 14.9. The van der Waals surface area contributed by atoms with Crippen LogP contribution in [0.1, 0.15) is 19.8 Å². The topological polar surface area (TPSA) is 47.0 Å². The standard InChI is InChI=1S/C19H28FN3O2/c1-15(19(25)23-8-2-3-16(13-23)14-24)21-9-11-22(12-10-21)18-6-4-17(20)5-7-18/h4-7,15-16,24H,2-3,8-14H2,1H3. The molecule has 0 aliphatic carbocycles. The smallest absolute Gasteiger partial charge is 0.239 e. The van der Waals surface area contributed by atoms with Gasteiger partial charge in [-0.25, -0.2) is 4.39 Å². The molecule has 5 nitrogen and oxygen atoms in total. The lowest BCUT2D eigenvalue weighted by molar-refractivity contribution is -0.138. The van der Waals surface area contributed by atoms with Gasteiger partial charge in [-0.3, -0.25) is 9.69 Å². The molecular formula is C19H28FN3O2. The number of aliphatic hydroxyl groups is 1. The van der Waals surface area contributed by atoms with Gasteiger partial charge in [0.2, 0.25) is 5.91 Å². The van der Waals surface area contributed by atoms with E-state index in [2.05, 4.69) is 9.80 Å². The molecule has 3 rings (SSSR count). The number of halogens is 1. The molecule has 138 valence electrons. The molecule has 0 bridgehead atoms. The van der Waals surface area contributed by atoms with Crippen molar-refractivity contribution >= 4 is 11.6 Å². The van der Waals surface area contributed by atoms with Gasteiger partial charge in [-0.1, -0.05) is 0 Å². The Morgan fingerprint density at radius 1 is 1.20 bits per heavy atom. The van der Waals surface area contributed by atoms with Gasteiger partial charge in [0.25, 0.3) is 0 Å². The fourth-order valence-electron chi connectivity index (χ4n) is 3.85. The van der Waals surface area contributed by atoms with Gasteiger partial charge in [0.15, 0.2) is 0 Å². The average Bonchev–Trinajstić information content (AvgIpc) is 2.67. The molecule has 0 radical (unpaired) electrons. The molecule has 2 aliphatic heterocycles. The van der Waals surface area contributed by atoms with Gasteiger partial charge in [0, 0.05) is 51.6 Å². The molecule has 6 heteroatoms. The van der Waals surface area contributed by atoms with Crippen LogP contribution in [0.3, 0.4) is 0 Å². The minimum absolute atomic E-state index is 0.132. The molecule has 1 amide bonds. The van der Waals surface area contributed by atoms with E-state index >= 15 is 0 Å². The predicted octanol–water partition coefficient (Wildman–Crippen LogP) is 1.57. The van der Waals surface area contributed by atoms with Crippen molar-refractivity contribution in [1.29, 1.82) is 0 Å². The Kier molecular flexibility index (Phi) is 5.91. The van der Waals surface area contributed by atoms with Crippen LogP contribution in [0.25, 0.3) is 0 Å². The number of carbonyl (C=O) groups is 1. The summed E-state index contributed by atoms with van der Waals surface area (Å²) in [5.41, 5.74) is 1.03. The number of rotatable bonds is 4. The molecular weight excluding hydrogens is 321 g/mol. The summed E-state index contributed by atoms with van der Waals surface area (Å²) < 4.78 is 13.1. The summed E-state index contributed by atoms with van der Waals surface area (Å²) in [6.45, 7) is 6.94. The number of piperidine rings is 1. The van der Waals surface area contributed by atoms with Crippen LogP contribution in [0.4, 0.5) is 10.1 Å². The van der Waals surface area contributed by atoms with E-state index in [-0.39, 0.29) is 30.3 Å². The monoisotopic (exact) mass is 349 g/mol. The summed E-state index contributed by atoms with van der Waals surface area (Å²) >= 11 is 0. The lowest BCUT2D eigenvalue weighted by Crippen LogP contribution is -2.55. The van der Waals surface area contributed by atoms with Crippen LogP contribution in [-0.2, 0) is 4.79 Å². The first-order valence-corrected chi connectivity index (χ1v) is 9.22. The molecule has 0 aromatic heterocycles. The maximum Gasteiger partial charge on any atom is 0.239 e. The number of likely N-dealkylation sites (tertiary alicyclic amines) is 1. The van der Waals surface area contributed by atoms with Crippen molar-refractivity contribution in [1.82, 2.24) is 9.80 Å². The molecule has 0 saturated carbocycles. The molecule has 2 aliphatic rings. The highest BCUT2D eigenvalue weighted by Crippen LogP contribution is 2.20.